The summed E-state index contributed by atoms with van der Waals surface area (Å²) in [6, 6.07) is 27.8. The summed E-state index contributed by atoms with van der Waals surface area (Å²) in [6.45, 7) is 10.7. The number of nitrogens with one attached hydrogen (secondary N) is 3. The molecule has 0 spiro atoms. The van der Waals surface area contributed by atoms with Crippen LogP contribution in [0.4, 0.5) is 0 Å². The van der Waals surface area contributed by atoms with E-state index in [0.717, 1.165) is 75.9 Å². The van der Waals surface area contributed by atoms with Crippen molar-refractivity contribution < 1.29 is 19.4 Å². The lowest BCUT2D eigenvalue weighted by Crippen LogP contribution is -2.12. The Kier molecular flexibility index (Phi) is 19.9. The summed E-state index contributed by atoms with van der Waals surface area (Å²) < 4.78 is 6.74. The first-order valence-electron chi connectivity index (χ1n) is 25.1. The van der Waals surface area contributed by atoms with Crippen LogP contribution >= 0.6 is 11.3 Å². The average Bonchev–Trinajstić information content (AvgIpc) is 4.37. The molecule has 79 heavy (non-hydrogen) atoms. The lowest BCUT2D eigenvalue weighted by atomic mass is 9.91. The standard InChI is InChI=1S/C25H24N4O3.C18H15N3OS.C18H21N3.3CH4/c1-25(2,3)20-13-19(29(4)28-20)23(32)18-14-27-24-22(18)17(10-11-26-24)16-7-5-6-15(12-16)8-9-21(30)31;1-22-16-3-2-12(9-20-16)8-14-10-21-18-17(14)15(4-6-19-18)13-5-7-23-11-13;1-13(2)5-7-16-8-6-14(11-20-16)10-15-12-21-18-17(15)4-3-9-19-18;;;/h5-14H,1-4H3,(H,26,27)(H,30,31);2-7,9-11H,8H2,1H3,(H,19,21);3-4,6,8-9,11-13H,5,7,10H2,1-2H3,(H,19,21);3*1H4/b9-8+;;;;;. The molecule has 0 aliphatic carbocycles. The van der Waals surface area contributed by atoms with E-state index in [0.29, 0.717) is 22.8 Å². The molecule has 0 aliphatic rings. The molecule has 408 valence electrons. The van der Waals surface area contributed by atoms with Gasteiger partial charge in [0.25, 0.3) is 0 Å². The van der Waals surface area contributed by atoms with E-state index in [1.165, 1.54) is 56.8 Å². The number of carbonyl (C=O) groups is 2. The number of methoxy groups -OCH3 is 1. The number of ether oxygens (including phenoxy) is 1. The van der Waals surface area contributed by atoms with Gasteiger partial charge in [0.2, 0.25) is 11.7 Å². The number of rotatable bonds is 14. The first kappa shape index (κ1) is 59.4. The fourth-order valence-corrected chi connectivity index (χ4v) is 9.59. The Morgan fingerprint density at radius 3 is 2.05 bits per heavy atom. The van der Waals surface area contributed by atoms with Crippen LogP contribution < -0.4 is 4.74 Å². The molecule has 0 amide bonds. The predicted octanol–water partition coefficient (Wildman–Crippen LogP) is 14.9. The number of aliphatic carboxylic acids is 1. The number of hydrogen-bond donors (Lipinski definition) is 4. The molecule has 0 atom stereocenters. The fourth-order valence-electron chi connectivity index (χ4n) is 8.94. The monoisotopic (exact) mass is 1080 g/mol. The minimum atomic E-state index is -1.01. The van der Waals surface area contributed by atoms with E-state index in [1.54, 1.807) is 42.6 Å². The molecule has 0 radical (unpaired) electrons. The van der Waals surface area contributed by atoms with Crippen molar-refractivity contribution in [3.63, 3.8) is 0 Å². The second-order valence-corrected chi connectivity index (χ2v) is 20.8. The van der Waals surface area contributed by atoms with Crippen LogP contribution in [0, 0.1) is 5.92 Å². The first-order chi connectivity index (χ1) is 36.7. The number of carbonyl (C=O) groups excluding carboxylic acids is 1. The highest BCUT2D eigenvalue weighted by molar-refractivity contribution is 7.08. The first-order valence-corrected chi connectivity index (χ1v) is 26.0. The molecule has 11 aromatic rings. The van der Waals surface area contributed by atoms with Crippen molar-refractivity contribution in [1.82, 2.24) is 49.7 Å². The third-order valence-electron chi connectivity index (χ3n) is 13.0. The number of thiophene rings is 1. The van der Waals surface area contributed by atoms with Crippen LogP contribution in [0.3, 0.4) is 0 Å². The van der Waals surface area contributed by atoms with Gasteiger partial charge in [-0.3, -0.25) is 14.5 Å². The number of benzene rings is 1. The third-order valence-corrected chi connectivity index (χ3v) is 13.7. The minimum Gasteiger partial charge on any atom is -0.481 e. The van der Waals surface area contributed by atoms with E-state index in [1.807, 2.05) is 91.8 Å². The topological polar surface area (TPSA) is 193 Å². The van der Waals surface area contributed by atoms with Gasteiger partial charge in [0.05, 0.1) is 18.4 Å². The fraction of sp³-hybridized carbons (Fsp3) is 0.250. The van der Waals surface area contributed by atoms with E-state index < -0.39 is 5.97 Å². The van der Waals surface area contributed by atoms with Crippen molar-refractivity contribution in [2.24, 2.45) is 13.0 Å². The number of aromatic amines is 3. The van der Waals surface area contributed by atoms with E-state index in [9.17, 15) is 9.59 Å². The van der Waals surface area contributed by atoms with Crippen LogP contribution in [0.15, 0.2) is 151 Å². The van der Waals surface area contributed by atoms with Gasteiger partial charge in [0, 0.05) is 109 Å². The van der Waals surface area contributed by atoms with Crippen molar-refractivity contribution in [2.75, 3.05) is 7.11 Å². The highest BCUT2D eigenvalue weighted by Gasteiger charge is 2.25. The van der Waals surface area contributed by atoms with Crippen LogP contribution in [-0.4, -0.2) is 73.6 Å². The van der Waals surface area contributed by atoms with Crippen LogP contribution in [0.2, 0.25) is 0 Å². The maximum atomic E-state index is 13.5. The normalized spacial score (nSPS) is 11.1. The number of carboxylic acid groups (broad SMARTS) is 1. The lowest BCUT2D eigenvalue weighted by Gasteiger charge is -2.13. The van der Waals surface area contributed by atoms with Crippen molar-refractivity contribution >= 4 is 62.3 Å². The summed E-state index contributed by atoms with van der Waals surface area (Å²) >= 11 is 1.71. The maximum absolute atomic E-state index is 13.5. The molecule has 0 bridgehead atoms. The average molecular weight is 1080 g/mol. The molecule has 15 heteroatoms. The number of nitrogens with zero attached hydrogens (tertiary/aromatic N) is 7. The molecule has 0 saturated carbocycles. The van der Waals surface area contributed by atoms with Crippen molar-refractivity contribution in [1.29, 1.82) is 0 Å². The largest absolute Gasteiger partial charge is 0.481 e. The maximum Gasteiger partial charge on any atom is 0.328 e. The molecule has 0 unspecified atom stereocenters. The Bertz CT molecular complexity index is 3780. The molecular weight excluding hydrogens is 1000 g/mol. The number of aromatic nitrogens is 10. The predicted molar refractivity (Wildman–Crippen MR) is 323 cm³/mol. The van der Waals surface area contributed by atoms with Gasteiger partial charge in [-0.25, -0.2) is 24.7 Å². The highest BCUT2D eigenvalue weighted by atomic mass is 32.1. The third kappa shape index (κ3) is 14.2. The van der Waals surface area contributed by atoms with Crippen LogP contribution in [0.5, 0.6) is 5.88 Å². The van der Waals surface area contributed by atoms with Gasteiger partial charge in [0.15, 0.2) is 0 Å². The summed E-state index contributed by atoms with van der Waals surface area (Å²) in [5.74, 6) is 0.211. The number of aryl methyl sites for hydroxylation is 2. The molecule has 0 fully saturated rings. The summed E-state index contributed by atoms with van der Waals surface area (Å²) in [7, 11) is 3.40. The summed E-state index contributed by atoms with van der Waals surface area (Å²) in [5, 5.41) is 20.8. The molecular formula is C64H72N10O4S. The van der Waals surface area contributed by atoms with Gasteiger partial charge in [-0.2, -0.15) is 16.4 Å². The Balaban J connectivity index is 0.000000193. The Hall–Kier alpha value is -8.82. The van der Waals surface area contributed by atoms with Crippen molar-refractivity contribution in [3.05, 3.63) is 202 Å². The molecule has 10 aromatic heterocycles. The SMILES string of the molecule is C.C.C.CC(C)CCc1ccc(Cc2c[nH]c3ncccc23)cn1.COc1ccc(Cc2c[nH]c3nccc(-c4ccsc4)c23)cn1.Cn1nc(C(C)(C)C)cc1C(=O)c1c[nH]c2nccc(-c3cccc(/C=C/C(=O)O)c3)c12. The van der Waals surface area contributed by atoms with E-state index in [2.05, 4.69) is 121 Å². The van der Waals surface area contributed by atoms with Crippen molar-refractivity contribution in [2.45, 2.75) is 88.0 Å². The zero-order valence-corrected chi connectivity index (χ0v) is 44.4. The summed E-state index contributed by atoms with van der Waals surface area (Å²) in [4.78, 5) is 56.0. The van der Waals surface area contributed by atoms with Crippen LogP contribution in [0.25, 0.3) is 61.4 Å². The van der Waals surface area contributed by atoms with Gasteiger partial charge in [-0.05, 0) is 134 Å². The number of carboxylic acids is 1. The number of hydrogen-bond acceptors (Lipinski definition) is 10. The number of pyridine rings is 5. The zero-order valence-electron chi connectivity index (χ0n) is 43.6. The van der Waals surface area contributed by atoms with Gasteiger partial charge in [-0.1, -0.05) is 87.2 Å². The molecule has 14 nitrogen and oxygen atoms in total. The Labute approximate surface area is 467 Å². The van der Waals surface area contributed by atoms with Gasteiger partial charge >= 0.3 is 5.97 Å². The Morgan fingerprint density at radius 2 is 1.41 bits per heavy atom. The molecule has 4 N–H and O–H groups in total. The van der Waals surface area contributed by atoms with E-state index in [-0.39, 0.29) is 33.5 Å². The van der Waals surface area contributed by atoms with E-state index >= 15 is 0 Å². The van der Waals surface area contributed by atoms with Gasteiger partial charge in [-0.15, -0.1) is 0 Å². The quantitative estimate of drug-likeness (QED) is 0.0601. The zero-order chi connectivity index (χ0) is 53.3. The smallest absolute Gasteiger partial charge is 0.328 e. The van der Waals surface area contributed by atoms with E-state index in [4.69, 9.17) is 9.84 Å². The van der Waals surface area contributed by atoms with Crippen LogP contribution in [0.1, 0.15) is 119 Å². The number of H-pyrrole nitrogens is 3. The molecule has 11 rings (SSSR count). The van der Waals surface area contributed by atoms with Gasteiger partial charge < -0.3 is 24.8 Å². The second kappa shape index (κ2) is 26.5. The molecule has 1 aromatic carbocycles. The lowest BCUT2D eigenvalue weighted by molar-refractivity contribution is -0.131. The Morgan fingerprint density at radius 1 is 0.734 bits per heavy atom. The molecule has 0 aliphatic heterocycles. The second-order valence-electron chi connectivity index (χ2n) is 20.0. The number of ketones is 1. The molecule has 0 saturated heterocycles. The van der Waals surface area contributed by atoms with Gasteiger partial charge in [0.1, 0.15) is 22.6 Å². The highest BCUT2D eigenvalue weighted by Crippen LogP contribution is 2.34. The van der Waals surface area contributed by atoms with Crippen molar-refractivity contribution in [3.8, 4) is 28.1 Å². The van der Waals surface area contributed by atoms with Crippen LogP contribution in [-0.2, 0) is 36.5 Å². The minimum absolute atomic E-state index is 0. The summed E-state index contributed by atoms with van der Waals surface area (Å²) in [6.07, 6.45) is 21.6. The number of fused-ring (bicyclic) bond motifs is 3. The summed E-state index contributed by atoms with van der Waals surface area (Å²) in [5.41, 5.74) is 15.1. The molecule has 10 heterocycles.